The Balaban J connectivity index is 1.97. The van der Waals surface area contributed by atoms with E-state index in [0.29, 0.717) is 12.5 Å². The van der Waals surface area contributed by atoms with Crippen LogP contribution < -0.4 is 11.5 Å². The van der Waals surface area contributed by atoms with Gasteiger partial charge in [0.15, 0.2) is 0 Å². The number of nitrogens with zero attached hydrogens (tertiary/aromatic N) is 1. The van der Waals surface area contributed by atoms with Gasteiger partial charge in [0, 0.05) is 24.2 Å². The zero-order valence-corrected chi connectivity index (χ0v) is 11.6. The SMILES string of the molecule is NC(=O)CN1CC(N)CC(Cc2cccc(Cl)c2)C1. The van der Waals surface area contributed by atoms with Gasteiger partial charge in [0.2, 0.25) is 5.91 Å². The highest BCUT2D eigenvalue weighted by molar-refractivity contribution is 6.30. The summed E-state index contributed by atoms with van der Waals surface area (Å²) in [7, 11) is 0. The number of benzene rings is 1. The second-order valence-electron chi connectivity index (χ2n) is 5.36. The number of nitrogens with two attached hydrogens (primary N) is 2. The van der Waals surface area contributed by atoms with E-state index in [1.165, 1.54) is 5.56 Å². The molecule has 2 atom stereocenters. The Labute approximate surface area is 118 Å². The fraction of sp³-hybridized carbons (Fsp3) is 0.500. The van der Waals surface area contributed by atoms with Crippen molar-refractivity contribution >= 4 is 17.5 Å². The average Bonchev–Trinajstić information content (AvgIpc) is 2.26. The minimum atomic E-state index is -0.296. The molecule has 0 bridgehead atoms. The molecule has 0 spiro atoms. The molecule has 1 aromatic rings. The third-order valence-electron chi connectivity index (χ3n) is 3.44. The molecule has 4 nitrogen and oxygen atoms in total. The zero-order chi connectivity index (χ0) is 13.8. The van der Waals surface area contributed by atoms with Crippen LogP contribution in [-0.2, 0) is 11.2 Å². The number of carbonyl (C=O) groups excluding carboxylic acids is 1. The van der Waals surface area contributed by atoms with Gasteiger partial charge < -0.3 is 11.5 Å². The summed E-state index contributed by atoms with van der Waals surface area (Å²) in [6.45, 7) is 1.90. The molecule has 2 unspecified atom stereocenters. The van der Waals surface area contributed by atoms with Crippen molar-refractivity contribution < 1.29 is 4.79 Å². The summed E-state index contributed by atoms with van der Waals surface area (Å²) in [6, 6.07) is 8.00. The van der Waals surface area contributed by atoms with E-state index in [0.717, 1.165) is 31.0 Å². The van der Waals surface area contributed by atoms with Crippen LogP contribution in [0, 0.1) is 5.92 Å². The maximum absolute atomic E-state index is 11.0. The highest BCUT2D eigenvalue weighted by atomic mass is 35.5. The molecule has 1 aromatic carbocycles. The Kier molecular flexibility index (Phi) is 4.80. The van der Waals surface area contributed by atoms with Gasteiger partial charge in [0.25, 0.3) is 0 Å². The van der Waals surface area contributed by atoms with Crippen molar-refractivity contribution in [3.8, 4) is 0 Å². The maximum Gasteiger partial charge on any atom is 0.231 e. The smallest absolute Gasteiger partial charge is 0.231 e. The van der Waals surface area contributed by atoms with Crippen LogP contribution in [0.15, 0.2) is 24.3 Å². The number of primary amides is 1. The molecule has 1 aliphatic heterocycles. The molecule has 1 aliphatic rings. The lowest BCUT2D eigenvalue weighted by Crippen LogP contribution is -2.49. The van der Waals surface area contributed by atoms with Crippen molar-refractivity contribution in [1.82, 2.24) is 4.90 Å². The van der Waals surface area contributed by atoms with Crippen LogP contribution in [0.3, 0.4) is 0 Å². The van der Waals surface area contributed by atoms with E-state index in [9.17, 15) is 4.79 Å². The summed E-state index contributed by atoms with van der Waals surface area (Å²) in [5, 5.41) is 0.756. The van der Waals surface area contributed by atoms with Gasteiger partial charge in [-0.3, -0.25) is 9.69 Å². The largest absolute Gasteiger partial charge is 0.369 e. The number of amides is 1. The summed E-state index contributed by atoms with van der Waals surface area (Å²) < 4.78 is 0. The third-order valence-corrected chi connectivity index (χ3v) is 3.67. The van der Waals surface area contributed by atoms with Gasteiger partial charge in [-0.15, -0.1) is 0 Å². The maximum atomic E-state index is 11.0. The average molecular weight is 282 g/mol. The number of hydrogen-bond acceptors (Lipinski definition) is 3. The van der Waals surface area contributed by atoms with E-state index in [1.807, 2.05) is 23.1 Å². The van der Waals surface area contributed by atoms with Crippen molar-refractivity contribution in [3.63, 3.8) is 0 Å². The van der Waals surface area contributed by atoms with Gasteiger partial charge in [0.1, 0.15) is 0 Å². The number of hydrogen-bond donors (Lipinski definition) is 2. The molecule has 0 radical (unpaired) electrons. The molecule has 1 heterocycles. The first-order valence-corrected chi connectivity index (χ1v) is 6.91. The van der Waals surface area contributed by atoms with Crippen LogP contribution in [0.5, 0.6) is 0 Å². The number of halogens is 1. The fourth-order valence-corrected chi connectivity index (χ4v) is 3.06. The van der Waals surface area contributed by atoms with Crippen LogP contribution >= 0.6 is 11.6 Å². The molecule has 5 heteroatoms. The molecule has 0 aliphatic carbocycles. The summed E-state index contributed by atoms with van der Waals surface area (Å²) in [4.78, 5) is 13.1. The van der Waals surface area contributed by atoms with Crippen molar-refractivity contribution in [2.24, 2.45) is 17.4 Å². The summed E-state index contributed by atoms with van der Waals surface area (Å²) >= 11 is 5.99. The predicted octanol–water partition coefficient (Wildman–Crippen LogP) is 1.02. The minimum Gasteiger partial charge on any atom is -0.369 e. The summed E-state index contributed by atoms with van der Waals surface area (Å²) in [6.07, 6.45) is 1.91. The summed E-state index contributed by atoms with van der Waals surface area (Å²) in [5.74, 6) is 0.150. The molecular weight excluding hydrogens is 262 g/mol. The summed E-state index contributed by atoms with van der Waals surface area (Å²) in [5.41, 5.74) is 12.5. The normalized spacial score (nSPS) is 24.3. The Hall–Kier alpha value is -1.10. The second-order valence-corrected chi connectivity index (χ2v) is 5.79. The van der Waals surface area contributed by atoms with E-state index in [-0.39, 0.29) is 11.9 Å². The number of piperidine rings is 1. The predicted molar refractivity (Wildman–Crippen MR) is 76.9 cm³/mol. The molecule has 1 fully saturated rings. The van der Waals surface area contributed by atoms with Crippen LogP contribution in [-0.4, -0.2) is 36.5 Å². The van der Waals surface area contributed by atoms with Crippen molar-refractivity contribution in [1.29, 1.82) is 0 Å². The van der Waals surface area contributed by atoms with Gasteiger partial charge in [-0.25, -0.2) is 0 Å². The molecule has 19 heavy (non-hydrogen) atoms. The van der Waals surface area contributed by atoms with Crippen molar-refractivity contribution in [2.45, 2.75) is 18.9 Å². The standard InChI is InChI=1S/C14H20ClN3O/c15-12-3-1-2-10(5-12)4-11-6-13(16)8-18(7-11)9-14(17)19/h1-3,5,11,13H,4,6-9,16H2,(H2,17,19). The van der Waals surface area contributed by atoms with Gasteiger partial charge in [-0.2, -0.15) is 0 Å². The first-order valence-electron chi connectivity index (χ1n) is 6.53. The van der Waals surface area contributed by atoms with Gasteiger partial charge >= 0.3 is 0 Å². The van der Waals surface area contributed by atoms with E-state index in [1.54, 1.807) is 0 Å². The van der Waals surface area contributed by atoms with Gasteiger partial charge in [-0.05, 0) is 36.5 Å². The Morgan fingerprint density at radius 1 is 1.42 bits per heavy atom. The topological polar surface area (TPSA) is 72.4 Å². The lowest BCUT2D eigenvalue weighted by Gasteiger charge is -2.35. The van der Waals surface area contributed by atoms with Crippen LogP contribution in [0.4, 0.5) is 0 Å². The third kappa shape index (κ3) is 4.49. The number of likely N-dealkylation sites (tertiary alicyclic amines) is 1. The number of rotatable bonds is 4. The lowest BCUT2D eigenvalue weighted by atomic mass is 9.89. The van der Waals surface area contributed by atoms with Gasteiger partial charge in [-0.1, -0.05) is 23.7 Å². The highest BCUT2D eigenvalue weighted by Gasteiger charge is 2.25. The molecule has 1 saturated heterocycles. The molecular formula is C14H20ClN3O. The Morgan fingerprint density at radius 2 is 2.21 bits per heavy atom. The highest BCUT2D eigenvalue weighted by Crippen LogP contribution is 2.21. The van der Waals surface area contributed by atoms with E-state index in [2.05, 4.69) is 6.07 Å². The molecule has 4 N–H and O–H groups in total. The minimum absolute atomic E-state index is 0.109. The second kappa shape index (κ2) is 6.37. The first-order chi connectivity index (χ1) is 9.02. The molecule has 2 rings (SSSR count). The quantitative estimate of drug-likeness (QED) is 0.865. The van der Waals surface area contributed by atoms with Crippen molar-refractivity contribution in [3.05, 3.63) is 34.9 Å². The lowest BCUT2D eigenvalue weighted by molar-refractivity contribution is -0.119. The van der Waals surface area contributed by atoms with E-state index < -0.39 is 0 Å². The van der Waals surface area contributed by atoms with E-state index in [4.69, 9.17) is 23.1 Å². The Bertz CT molecular complexity index is 452. The monoisotopic (exact) mass is 281 g/mol. The molecule has 1 amide bonds. The zero-order valence-electron chi connectivity index (χ0n) is 10.9. The van der Waals surface area contributed by atoms with Crippen LogP contribution in [0.25, 0.3) is 0 Å². The Morgan fingerprint density at radius 3 is 2.89 bits per heavy atom. The van der Waals surface area contributed by atoms with Gasteiger partial charge in [0.05, 0.1) is 6.54 Å². The van der Waals surface area contributed by atoms with Crippen LogP contribution in [0.1, 0.15) is 12.0 Å². The van der Waals surface area contributed by atoms with Crippen LogP contribution in [0.2, 0.25) is 5.02 Å². The first kappa shape index (κ1) is 14.3. The molecule has 0 aromatic heterocycles. The molecule has 104 valence electrons. The van der Waals surface area contributed by atoms with Crippen molar-refractivity contribution in [2.75, 3.05) is 19.6 Å². The van der Waals surface area contributed by atoms with E-state index >= 15 is 0 Å². The number of carbonyl (C=O) groups is 1. The fourth-order valence-electron chi connectivity index (χ4n) is 2.84. The molecule has 0 saturated carbocycles.